The molecule has 0 bridgehead atoms. The maximum absolute atomic E-state index is 12.3. The topological polar surface area (TPSA) is 64.1 Å². The van der Waals surface area contributed by atoms with Gasteiger partial charge in [0.25, 0.3) is 5.91 Å². The highest BCUT2D eigenvalue weighted by Gasteiger charge is 2.21. The Hall–Kier alpha value is -2.47. The van der Waals surface area contributed by atoms with Crippen LogP contribution in [0.4, 0.5) is 5.69 Å². The zero-order valence-electron chi connectivity index (χ0n) is 16.3. The number of carbonyl (C=O) groups excluding carboxylic acids is 1. The molecule has 146 valence electrons. The number of amides is 1. The second-order valence-electron chi connectivity index (χ2n) is 7.34. The monoisotopic (exact) mass is 395 g/mol. The molecule has 0 unspecified atom stereocenters. The van der Waals surface area contributed by atoms with Crippen molar-refractivity contribution in [1.29, 1.82) is 0 Å². The molecular formula is C22H25N3O2S. The quantitative estimate of drug-likeness (QED) is 0.630. The molecule has 0 saturated carbocycles. The van der Waals surface area contributed by atoms with Crippen molar-refractivity contribution in [2.75, 3.05) is 11.9 Å². The van der Waals surface area contributed by atoms with E-state index >= 15 is 0 Å². The Balaban J connectivity index is 1.43. The van der Waals surface area contributed by atoms with Crippen LogP contribution in [-0.2, 0) is 17.6 Å². The summed E-state index contributed by atoms with van der Waals surface area (Å²) in [5.74, 6) is 0.851. The van der Waals surface area contributed by atoms with Crippen LogP contribution in [0.1, 0.15) is 55.0 Å². The Morgan fingerprint density at radius 2 is 2.00 bits per heavy atom. The van der Waals surface area contributed by atoms with Crippen molar-refractivity contribution in [3.05, 3.63) is 46.6 Å². The van der Waals surface area contributed by atoms with Gasteiger partial charge in [0.05, 0.1) is 5.39 Å². The summed E-state index contributed by atoms with van der Waals surface area (Å²) < 4.78 is 5.80. The number of hydrogen-bond acceptors (Lipinski definition) is 5. The number of hydrogen-bond donors (Lipinski definition) is 1. The number of rotatable bonds is 6. The van der Waals surface area contributed by atoms with Crippen LogP contribution >= 0.6 is 11.3 Å². The number of aryl methyl sites for hydroxylation is 2. The van der Waals surface area contributed by atoms with Crippen LogP contribution in [0, 0.1) is 0 Å². The molecule has 3 aromatic rings. The number of aromatic nitrogens is 2. The molecule has 1 amide bonds. The van der Waals surface area contributed by atoms with Crippen LogP contribution in [-0.4, -0.2) is 22.5 Å². The fourth-order valence-electron chi connectivity index (χ4n) is 3.63. The van der Waals surface area contributed by atoms with E-state index in [-0.39, 0.29) is 12.5 Å². The van der Waals surface area contributed by atoms with Crippen molar-refractivity contribution in [2.24, 2.45) is 0 Å². The van der Waals surface area contributed by atoms with Gasteiger partial charge < -0.3 is 10.1 Å². The zero-order valence-corrected chi connectivity index (χ0v) is 17.1. The summed E-state index contributed by atoms with van der Waals surface area (Å²) in [7, 11) is 0. The minimum absolute atomic E-state index is 0.0656. The molecular weight excluding hydrogens is 370 g/mol. The first-order valence-electron chi connectivity index (χ1n) is 9.93. The minimum Gasteiger partial charge on any atom is -0.467 e. The third-order valence-electron chi connectivity index (χ3n) is 5.43. The normalized spacial score (nSPS) is 14.5. The van der Waals surface area contributed by atoms with Gasteiger partial charge in [0, 0.05) is 10.6 Å². The van der Waals surface area contributed by atoms with E-state index in [9.17, 15) is 4.79 Å². The van der Waals surface area contributed by atoms with E-state index in [1.54, 1.807) is 11.3 Å². The lowest BCUT2D eigenvalue weighted by atomic mass is 9.97. The van der Waals surface area contributed by atoms with Gasteiger partial charge in [-0.15, -0.1) is 11.3 Å². The van der Waals surface area contributed by atoms with Crippen molar-refractivity contribution in [3.63, 3.8) is 0 Å². The molecule has 2 heterocycles. The van der Waals surface area contributed by atoms with Gasteiger partial charge >= 0.3 is 0 Å². The van der Waals surface area contributed by atoms with E-state index in [1.165, 1.54) is 35.2 Å². The fourth-order valence-corrected chi connectivity index (χ4v) is 4.85. The Morgan fingerprint density at radius 3 is 2.79 bits per heavy atom. The summed E-state index contributed by atoms with van der Waals surface area (Å²) in [4.78, 5) is 23.4. The predicted molar refractivity (Wildman–Crippen MR) is 113 cm³/mol. The summed E-state index contributed by atoms with van der Waals surface area (Å²) in [5.41, 5.74) is 3.37. The SMILES string of the molecule is CC[C@@H](C)c1ccc(NC(=O)COc2ncnc3sc4c(c23)CCCC4)cc1. The van der Waals surface area contributed by atoms with Crippen LogP contribution in [0.3, 0.4) is 0 Å². The van der Waals surface area contributed by atoms with E-state index in [0.717, 1.165) is 35.2 Å². The summed E-state index contributed by atoms with van der Waals surface area (Å²) in [6.45, 7) is 4.31. The lowest BCUT2D eigenvalue weighted by molar-refractivity contribution is -0.118. The zero-order chi connectivity index (χ0) is 19.5. The number of nitrogens with one attached hydrogen (secondary N) is 1. The van der Waals surface area contributed by atoms with Crippen LogP contribution in [0.15, 0.2) is 30.6 Å². The van der Waals surface area contributed by atoms with Gasteiger partial charge in [-0.25, -0.2) is 9.97 Å². The highest BCUT2D eigenvalue weighted by Crippen LogP contribution is 2.38. The van der Waals surface area contributed by atoms with E-state index in [2.05, 4.69) is 41.3 Å². The van der Waals surface area contributed by atoms with Gasteiger partial charge in [-0.3, -0.25) is 4.79 Å². The van der Waals surface area contributed by atoms with Crippen LogP contribution in [0.25, 0.3) is 10.2 Å². The van der Waals surface area contributed by atoms with Crippen LogP contribution < -0.4 is 10.1 Å². The highest BCUT2D eigenvalue weighted by molar-refractivity contribution is 7.18. The van der Waals surface area contributed by atoms with Crippen molar-refractivity contribution in [3.8, 4) is 5.88 Å². The second-order valence-corrected chi connectivity index (χ2v) is 8.42. The number of fused-ring (bicyclic) bond motifs is 3. The first kappa shape index (κ1) is 18.9. The van der Waals surface area contributed by atoms with Crippen molar-refractivity contribution >= 4 is 33.1 Å². The molecule has 28 heavy (non-hydrogen) atoms. The lowest BCUT2D eigenvalue weighted by Crippen LogP contribution is -2.20. The predicted octanol–water partition coefficient (Wildman–Crippen LogP) is 5.10. The van der Waals surface area contributed by atoms with Gasteiger partial charge in [0.1, 0.15) is 11.2 Å². The number of ether oxygens (including phenoxy) is 1. The smallest absolute Gasteiger partial charge is 0.262 e. The molecule has 0 saturated heterocycles. The average Bonchev–Trinajstić information content (AvgIpc) is 3.11. The fraction of sp³-hybridized carbons (Fsp3) is 0.409. The Kier molecular flexibility index (Phi) is 5.57. The maximum atomic E-state index is 12.3. The standard InChI is InChI=1S/C22H25N3O2S/c1-3-14(2)15-8-10-16(11-9-15)25-19(26)12-27-21-20-17-6-4-5-7-18(17)28-22(20)24-13-23-21/h8-11,13-14H,3-7,12H2,1-2H3,(H,25,26)/t14-/m1/s1. The molecule has 1 aromatic carbocycles. The molecule has 0 radical (unpaired) electrons. The van der Waals surface area contributed by atoms with Gasteiger partial charge in [-0.1, -0.05) is 26.0 Å². The second kappa shape index (κ2) is 8.27. The van der Waals surface area contributed by atoms with Gasteiger partial charge in [0.2, 0.25) is 5.88 Å². The first-order valence-corrected chi connectivity index (χ1v) is 10.7. The molecule has 1 aliphatic rings. The molecule has 6 heteroatoms. The third-order valence-corrected chi connectivity index (χ3v) is 6.63. The molecule has 1 N–H and O–H groups in total. The number of carbonyl (C=O) groups is 1. The summed E-state index contributed by atoms with van der Waals surface area (Å²) in [6, 6.07) is 8.02. The average molecular weight is 396 g/mol. The summed E-state index contributed by atoms with van der Waals surface area (Å²) in [6.07, 6.45) is 7.16. The molecule has 5 nitrogen and oxygen atoms in total. The highest BCUT2D eigenvalue weighted by atomic mass is 32.1. The Morgan fingerprint density at radius 1 is 1.21 bits per heavy atom. The number of thiophene rings is 1. The van der Waals surface area contributed by atoms with Crippen molar-refractivity contribution in [2.45, 2.75) is 51.9 Å². The first-order chi connectivity index (χ1) is 13.7. The van der Waals surface area contributed by atoms with Crippen molar-refractivity contribution < 1.29 is 9.53 Å². The van der Waals surface area contributed by atoms with Crippen molar-refractivity contribution in [1.82, 2.24) is 9.97 Å². The molecule has 0 fully saturated rings. The van der Waals surface area contributed by atoms with Gasteiger partial charge in [-0.05, 0) is 61.3 Å². The number of nitrogens with zero attached hydrogens (tertiary/aromatic N) is 2. The summed E-state index contributed by atoms with van der Waals surface area (Å²) >= 11 is 1.72. The van der Waals surface area contributed by atoms with E-state index in [1.807, 2.05) is 12.1 Å². The Bertz CT molecular complexity index is 981. The van der Waals surface area contributed by atoms with E-state index in [4.69, 9.17) is 4.74 Å². The molecule has 2 aromatic heterocycles. The third kappa shape index (κ3) is 3.87. The lowest BCUT2D eigenvalue weighted by Gasteiger charge is -2.12. The molecule has 1 atom stereocenters. The Labute approximate surface area is 169 Å². The molecule has 4 rings (SSSR count). The van der Waals surface area contributed by atoms with E-state index in [0.29, 0.717) is 11.8 Å². The van der Waals surface area contributed by atoms with E-state index < -0.39 is 0 Å². The van der Waals surface area contributed by atoms with Gasteiger partial charge in [0.15, 0.2) is 6.61 Å². The van der Waals surface area contributed by atoms with Crippen LogP contribution in [0.5, 0.6) is 5.88 Å². The van der Waals surface area contributed by atoms with Gasteiger partial charge in [-0.2, -0.15) is 0 Å². The number of anilines is 1. The van der Waals surface area contributed by atoms with Crippen LogP contribution in [0.2, 0.25) is 0 Å². The summed E-state index contributed by atoms with van der Waals surface area (Å²) in [5, 5.41) is 3.89. The minimum atomic E-state index is -0.188. The maximum Gasteiger partial charge on any atom is 0.262 e. The molecule has 0 spiro atoms. The molecule has 1 aliphatic carbocycles. The largest absolute Gasteiger partial charge is 0.467 e. The number of benzene rings is 1. The molecule has 0 aliphatic heterocycles.